The lowest BCUT2D eigenvalue weighted by Crippen LogP contribution is -2.24. The molecule has 1 amide bonds. The molecule has 2 unspecified atom stereocenters. The number of amides is 1. The number of nitrogens with zero attached hydrogens (tertiary/aromatic N) is 1. The Kier molecular flexibility index (Phi) is 3.59. The highest BCUT2D eigenvalue weighted by Crippen LogP contribution is 2.19. The second kappa shape index (κ2) is 4.72. The molecule has 0 radical (unpaired) electrons. The third kappa shape index (κ3) is 2.81. The molecule has 1 heterocycles. The van der Waals surface area contributed by atoms with Crippen LogP contribution in [-0.4, -0.2) is 22.1 Å². The van der Waals surface area contributed by atoms with Crippen LogP contribution < -0.4 is 5.73 Å². The van der Waals surface area contributed by atoms with Crippen molar-refractivity contribution in [2.45, 2.75) is 25.4 Å². The van der Waals surface area contributed by atoms with Crippen molar-refractivity contribution in [2.24, 2.45) is 5.73 Å². The quantitative estimate of drug-likeness (QED) is 0.729. The van der Waals surface area contributed by atoms with Crippen molar-refractivity contribution in [3.05, 3.63) is 30.1 Å². The third-order valence-electron chi connectivity index (χ3n) is 2.01. The number of carbonyl (C=O) groups is 1. The number of carbonyl (C=O) groups excluding carboxylic acids is 1. The van der Waals surface area contributed by atoms with E-state index in [2.05, 4.69) is 4.98 Å². The van der Waals surface area contributed by atoms with Crippen LogP contribution in [0.25, 0.3) is 0 Å². The van der Waals surface area contributed by atoms with Gasteiger partial charge in [-0.05, 0) is 25.0 Å². The molecule has 2 atom stereocenters. The SMILES string of the molecule is CC(O)CC(C(N)=O)c1cccnc1. The van der Waals surface area contributed by atoms with Crippen LogP contribution >= 0.6 is 0 Å². The van der Waals surface area contributed by atoms with E-state index >= 15 is 0 Å². The van der Waals surface area contributed by atoms with Gasteiger partial charge in [0.05, 0.1) is 12.0 Å². The van der Waals surface area contributed by atoms with E-state index in [9.17, 15) is 9.90 Å². The summed E-state index contributed by atoms with van der Waals surface area (Å²) in [6.45, 7) is 1.63. The van der Waals surface area contributed by atoms with Crippen molar-refractivity contribution in [3.8, 4) is 0 Å². The molecule has 1 rings (SSSR count). The van der Waals surface area contributed by atoms with Crippen molar-refractivity contribution in [1.82, 2.24) is 4.98 Å². The number of aliphatic hydroxyl groups excluding tert-OH is 1. The zero-order valence-electron chi connectivity index (χ0n) is 8.05. The zero-order chi connectivity index (χ0) is 10.6. The molecular formula is C10H14N2O2. The standard InChI is InChI=1S/C10H14N2O2/c1-7(13)5-9(10(11)14)8-3-2-4-12-6-8/h2-4,6-7,9,13H,5H2,1H3,(H2,11,14). The van der Waals surface area contributed by atoms with Gasteiger partial charge in [-0.1, -0.05) is 6.07 Å². The lowest BCUT2D eigenvalue weighted by molar-refractivity contribution is -0.120. The van der Waals surface area contributed by atoms with Gasteiger partial charge in [0, 0.05) is 12.4 Å². The molecule has 4 heteroatoms. The van der Waals surface area contributed by atoms with Crippen LogP contribution in [0.2, 0.25) is 0 Å². The molecule has 1 aromatic heterocycles. The van der Waals surface area contributed by atoms with Gasteiger partial charge in [-0.25, -0.2) is 0 Å². The summed E-state index contributed by atoms with van der Waals surface area (Å²) >= 11 is 0. The summed E-state index contributed by atoms with van der Waals surface area (Å²) < 4.78 is 0. The van der Waals surface area contributed by atoms with Crippen molar-refractivity contribution < 1.29 is 9.90 Å². The predicted molar refractivity (Wildman–Crippen MR) is 52.5 cm³/mol. The van der Waals surface area contributed by atoms with Crippen LogP contribution in [0.1, 0.15) is 24.8 Å². The molecule has 14 heavy (non-hydrogen) atoms. The summed E-state index contributed by atoms with van der Waals surface area (Å²) in [4.78, 5) is 15.0. The van der Waals surface area contributed by atoms with Crippen molar-refractivity contribution in [2.75, 3.05) is 0 Å². The third-order valence-corrected chi connectivity index (χ3v) is 2.01. The second-order valence-corrected chi connectivity index (χ2v) is 3.33. The van der Waals surface area contributed by atoms with Gasteiger partial charge in [0.1, 0.15) is 0 Å². The summed E-state index contributed by atoms with van der Waals surface area (Å²) in [5.41, 5.74) is 5.99. The number of rotatable bonds is 4. The highest BCUT2D eigenvalue weighted by molar-refractivity contribution is 5.81. The minimum Gasteiger partial charge on any atom is -0.393 e. The van der Waals surface area contributed by atoms with E-state index < -0.39 is 17.9 Å². The molecule has 0 fully saturated rings. The van der Waals surface area contributed by atoms with E-state index in [4.69, 9.17) is 5.73 Å². The van der Waals surface area contributed by atoms with Gasteiger partial charge in [-0.3, -0.25) is 9.78 Å². The number of primary amides is 1. The smallest absolute Gasteiger partial charge is 0.225 e. The van der Waals surface area contributed by atoms with Gasteiger partial charge in [0.2, 0.25) is 5.91 Å². The Morgan fingerprint density at radius 1 is 1.71 bits per heavy atom. The van der Waals surface area contributed by atoms with Crippen LogP contribution in [0.3, 0.4) is 0 Å². The monoisotopic (exact) mass is 194 g/mol. The fraction of sp³-hybridized carbons (Fsp3) is 0.400. The average Bonchev–Trinajstić information content (AvgIpc) is 2.15. The van der Waals surface area contributed by atoms with Gasteiger partial charge in [0.15, 0.2) is 0 Å². The van der Waals surface area contributed by atoms with Gasteiger partial charge in [0.25, 0.3) is 0 Å². The Balaban J connectivity index is 2.84. The first-order valence-corrected chi connectivity index (χ1v) is 4.48. The van der Waals surface area contributed by atoms with E-state index in [1.54, 1.807) is 31.5 Å². The molecule has 0 aliphatic rings. The fourth-order valence-electron chi connectivity index (χ4n) is 1.34. The number of hydrogen-bond acceptors (Lipinski definition) is 3. The Morgan fingerprint density at radius 2 is 2.43 bits per heavy atom. The molecule has 0 saturated carbocycles. The number of nitrogens with two attached hydrogens (primary N) is 1. The molecule has 0 saturated heterocycles. The van der Waals surface area contributed by atoms with Crippen molar-refractivity contribution in [3.63, 3.8) is 0 Å². The molecule has 3 N–H and O–H groups in total. The Bertz CT molecular complexity index is 298. The second-order valence-electron chi connectivity index (χ2n) is 3.33. The van der Waals surface area contributed by atoms with Crippen LogP contribution in [-0.2, 0) is 4.79 Å². The number of aliphatic hydroxyl groups is 1. The lowest BCUT2D eigenvalue weighted by atomic mass is 9.94. The maximum Gasteiger partial charge on any atom is 0.225 e. The van der Waals surface area contributed by atoms with E-state index in [0.717, 1.165) is 5.56 Å². The van der Waals surface area contributed by atoms with Crippen LogP contribution in [0.5, 0.6) is 0 Å². The first kappa shape index (κ1) is 10.7. The lowest BCUT2D eigenvalue weighted by Gasteiger charge is -2.14. The first-order chi connectivity index (χ1) is 6.61. The summed E-state index contributed by atoms with van der Waals surface area (Å²) in [6, 6.07) is 3.53. The highest BCUT2D eigenvalue weighted by atomic mass is 16.3. The Morgan fingerprint density at radius 3 is 2.86 bits per heavy atom. The Hall–Kier alpha value is -1.42. The molecule has 1 aromatic rings. The van der Waals surface area contributed by atoms with Crippen LogP contribution in [0.4, 0.5) is 0 Å². The number of pyridine rings is 1. The predicted octanol–water partition coefficient (Wildman–Crippen LogP) is 0.421. The maximum atomic E-state index is 11.1. The maximum absolute atomic E-state index is 11.1. The molecular weight excluding hydrogens is 180 g/mol. The van der Waals surface area contributed by atoms with Gasteiger partial charge < -0.3 is 10.8 Å². The van der Waals surface area contributed by atoms with Gasteiger partial charge in [-0.15, -0.1) is 0 Å². The largest absolute Gasteiger partial charge is 0.393 e. The molecule has 0 spiro atoms. The van der Waals surface area contributed by atoms with E-state index in [0.29, 0.717) is 6.42 Å². The minimum absolute atomic E-state index is 0.334. The summed E-state index contributed by atoms with van der Waals surface area (Å²) in [5, 5.41) is 9.20. The summed E-state index contributed by atoms with van der Waals surface area (Å²) in [7, 11) is 0. The highest BCUT2D eigenvalue weighted by Gasteiger charge is 2.19. The fourth-order valence-corrected chi connectivity index (χ4v) is 1.34. The van der Waals surface area contributed by atoms with Crippen LogP contribution in [0, 0.1) is 0 Å². The molecule has 4 nitrogen and oxygen atoms in total. The average molecular weight is 194 g/mol. The minimum atomic E-state index is -0.548. The molecule has 0 aliphatic carbocycles. The van der Waals surface area contributed by atoms with Crippen molar-refractivity contribution >= 4 is 5.91 Å². The molecule has 0 bridgehead atoms. The summed E-state index contributed by atoms with van der Waals surface area (Å²) in [5.74, 6) is -0.886. The van der Waals surface area contributed by atoms with Crippen molar-refractivity contribution in [1.29, 1.82) is 0 Å². The van der Waals surface area contributed by atoms with E-state index in [1.807, 2.05) is 0 Å². The van der Waals surface area contributed by atoms with Gasteiger partial charge >= 0.3 is 0 Å². The zero-order valence-corrected chi connectivity index (χ0v) is 8.05. The Labute approximate surface area is 82.8 Å². The van der Waals surface area contributed by atoms with E-state index in [1.165, 1.54) is 0 Å². The molecule has 76 valence electrons. The normalized spacial score (nSPS) is 14.7. The topological polar surface area (TPSA) is 76.2 Å². The molecule has 0 aliphatic heterocycles. The van der Waals surface area contributed by atoms with E-state index in [-0.39, 0.29) is 0 Å². The first-order valence-electron chi connectivity index (χ1n) is 4.48. The summed E-state index contributed by atoms with van der Waals surface area (Å²) in [6.07, 6.45) is 3.01. The van der Waals surface area contributed by atoms with Crippen LogP contribution in [0.15, 0.2) is 24.5 Å². The number of aromatic nitrogens is 1. The van der Waals surface area contributed by atoms with Gasteiger partial charge in [-0.2, -0.15) is 0 Å². The molecule has 0 aromatic carbocycles. The number of hydrogen-bond donors (Lipinski definition) is 2.